The molecule has 0 radical (unpaired) electrons. The van der Waals surface area contributed by atoms with Crippen molar-refractivity contribution in [1.82, 2.24) is 0 Å². The fourth-order valence-electron chi connectivity index (χ4n) is 4.63. The third-order valence-corrected chi connectivity index (χ3v) is 6.42. The fraction of sp³-hybridized carbons (Fsp3) is 0.231. The van der Waals surface area contributed by atoms with Crippen molar-refractivity contribution < 1.29 is 4.74 Å². The number of halogens is 1. The highest BCUT2D eigenvalue weighted by Gasteiger charge is 2.38. The number of rotatable bonds is 4. The first-order valence-electron chi connectivity index (χ1n) is 10.2. The van der Waals surface area contributed by atoms with E-state index in [2.05, 4.69) is 66.9 Å². The summed E-state index contributed by atoms with van der Waals surface area (Å²) in [7, 11) is 0. The first kappa shape index (κ1) is 18.3. The van der Waals surface area contributed by atoms with Crippen LogP contribution in [0.1, 0.15) is 40.6 Å². The van der Waals surface area contributed by atoms with E-state index in [9.17, 15) is 0 Å². The molecule has 0 spiro atoms. The SMILES string of the molecule is Cc1cccc2c1N[C@@H](c1ccc(OCc3ccc(Cl)cc3)cc1)[C@H]1CC=C[C@@H]21. The van der Waals surface area contributed by atoms with E-state index in [1.165, 1.54) is 22.4 Å². The topological polar surface area (TPSA) is 21.3 Å². The molecule has 0 saturated carbocycles. The molecule has 1 aliphatic heterocycles. The first-order valence-corrected chi connectivity index (χ1v) is 10.6. The summed E-state index contributed by atoms with van der Waals surface area (Å²) in [5.41, 5.74) is 6.47. The molecule has 29 heavy (non-hydrogen) atoms. The number of anilines is 1. The van der Waals surface area contributed by atoms with Gasteiger partial charge in [-0.15, -0.1) is 0 Å². The molecule has 3 aromatic carbocycles. The van der Waals surface area contributed by atoms with Crippen LogP contribution in [0.25, 0.3) is 0 Å². The summed E-state index contributed by atoms with van der Waals surface area (Å²) in [4.78, 5) is 0. The molecule has 0 saturated heterocycles. The zero-order chi connectivity index (χ0) is 19.8. The normalized spacial score (nSPS) is 21.9. The smallest absolute Gasteiger partial charge is 0.119 e. The van der Waals surface area contributed by atoms with Crippen molar-refractivity contribution in [2.45, 2.75) is 31.9 Å². The summed E-state index contributed by atoms with van der Waals surface area (Å²) in [5, 5.41) is 4.59. The zero-order valence-corrected chi connectivity index (χ0v) is 17.2. The number of benzene rings is 3. The second-order valence-electron chi connectivity index (χ2n) is 8.00. The minimum atomic E-state index is 0.314. The molecule has 0 unspecified atom stereocenters. The Bertz CT molecular complexity index is 1040. The Labute approximate surface area is 177 Å². The number of aryl methyl sites for hydroxylation is 1. The number of fused-ring (bicyclic) bond motifs is 3. The van der Waals surface area contributed by atoms with Gasteiger partial charge in [0, 0.05) is 16.6 Å². The second kappa shape index (κ2) is 7.61. The molecule has 1 aliphatic carbocycles. The van der Waals surface area contributed by atoms with Crippen molar-refractivity contribution in [3.05, 3.63) is 106 Å². The molecule has 2 nitrogen and oxygen atoms in total. The summed E-state index contributed by atoms with van der Waals surface area (Å²) in [6.45, 7) is 2.73. The molecular weight excluding hydrogens is 378 g/mol. The molecule has 3 heteroatoms. The maximum atomic E-state index is 5.96. The quantitative estimate of drug-likeness (QED) is 0.472. The van der Waals surface area contributed by atoms with Crippen molar-refractivity contribution in [2.24, 2.45) is 5.92 Å². The van der Waals surface area contributed by atoms with E-state index in [1.807, 2.05) is 24.3 Å². The van der Waals surface area contributed by atoms with Crippen LogP contribution >= 0.6 is 11.6 Å². The van der Waals surface area contributed by atoms with E-state index >= 15 is 0 Å². The lowest BCUT2D eigenvalue weighted by Crippen LogP contribution is -2.29. The van der Waals surface area contributed by atoms with Crippen LogP contribution in [0, 0.1) is 12.8 Å². The number of hydrogen-bond donors (Lipinski definition) is 1. The van der Waals surface area contributed by atoms with Crippen molar-refractivity contribution in [2.75, 3.05) is 5.32 Å². The van der Waals surface area contributed by atoms with Gasteiger partial charge >= 0.3 is 0 Å². The Balaban J connectivity index is 1.34. The number of nitrogens with one attached hydrogen (secondary N) is 1. The molecule has 0 aromatic heterocycles. The number of para-hydroxylation sites is 1. The molecule has 146 valence electrons. The monoisotopic (exact) mass is 401 g/mol. The molecule has 3 aromatic rings. The third kappa shape index (κ3) is 3.54. The van der Waals surface area contributed by atoms with Crippen molar-refractivity contribution in [3.63, 3.8) is 0 Å². The average molecular weight is 402 g/mol. The lowest BCUT2D eigenvalue weighted by Gasteiger charge is -2.38. The molecule has 1 N–H and O–H groups in total. The summed E-state index contributed by atoms with van der Waals surface area (Å²) in [6.07, 6.45) is 5.84. The van der Waals surface area contributed by atoms with E-state index in [4.69, 9.17) is 16.3 Å². The van der Waals surface area contributed by atoms with E-state index < -0.39 is 0 Å². The minimum absolute atomic E-state index is 0.314. The lowest BCUT2D eigenvalue weighted by molar-refractivity contribution is 0.306. The Hall–Kier alpha value is -2.71. The van der Waals surface area contributed by atoms with Crippen molar-refractivity contribution >= 4 is 17.3 Å². The van der Waals surface area contributed by atoms with Gasteiger partial charge in [0.1, 0.15) is 12.4 Å². The van der Waals surface area contributed by atoms with Gasteiger partial charge in [-0.25, -0.2) is 0 Å². The predicted octanol–water partition coefficient (Wildman–Crippen LogP) is 7.05. The van der Waals surface area contributed by atoms with E-state index in [1.54, 1.807) is 0 Å². The second-order valence-corrected chi connectivity index (χ2v) is 8.44. The van der Waals surface area contributed by atoms with Crippen LogP contribution in [-0.4, -0.2) is 0 Å². The standard InChI is InChI=1S/C26H24ClNO/c1-17-4-2-6-23-22-5-3-7-24(22)26(28-25(17)23)19-10-14-21(15-11-19)29-16-18-8-12-20(27)13-9-18/h2-6,8-15,22,24,26,28H,7,16H2,1H3/t22-,24-,26-/m0/s1. The van der Waals surface area contributed by atoms with Gasteiger partial charge in [-0.1, -0.05) is 66.2 Å². The molecule has 3 atom stereocenters. The van der Waals surface area contributed by atoms with Gasteiger partial charge < -0.3 is 10.1 Å². The van der Waals surface area contributed by atoms with Gasteiger partial charge in [0.15, 0.2) is 0 Å². The molecule has 0 amide bonds. The van der Waals surface area contributed by atoms with Gasteiger partial charge in [0.2, 0.25) is 0 Å². The minimum Gasteiger partial charge on any atom is -0.489 e. The van der Waals surface area contributed by atoms with Crippen LogP contribution in [0.2, 0.25) is 5.02 Å². The van der Waals surface area contributed by atoms with E-state index in [-0.39, 0.29) is 0 Å². The van der Waals surface area contributed by atoms with Gasteiger partial charge in [0.25, 0.3) is 0 Å². The fourth-order valence-corrected chi connectivity index (χ4v) is 4.75. The highest BCUT2D eigenvalue weighted by molar-refractivity contribution is 6.30. The van der Waals surface area contributed by atoms with Crippen molar-refractivity contribution in [3.8, 4) is 5.75 Å². The molecular formula is C26H24ClNO. The Morgan fingerprint density at radius 2 is 1.79 bits per heavy atom. The van der Waals surface area contributed by atoms with Gasteiger partial charge in [-0.2, -0.15) is 0 Å². The highest BCUT2D eigenvalue weighted by Crippen LogP contribution is 2.50. The Kier molecular flexibility index (Phi) is 4.81. The highest BCUT2D eigenvalue weighted by atomic mass is 35.5. The zero-order valence-electron chi connectivity index (χ0n) is 16.4. The van der Waals surface area contributed by atoms with Crippen LogP contribution in [0.4, 0.5) is 5.69 Å². The Morgan fingerprint density at radius 1 is 1.00 bits per heavy atom. The summed E-state index contributed by atoms with van der Waals surface area (Å²) in [6, 6.07) is 23.3. The summed E-state index contributed by atoms with van der Waals surface area (Å²) < 4.78 is 5.96. The van der Waals surface area contributed by atoms with Crippen LogP contribution < -0.4 is 10.1 Å². The first-order chi connectivity index (χ1) is 14.2. The van der Waals surface area contributed by atoms with Crippen molar-refractivity contribution in [1.29, 1.82) is 0 Å². The third-order valence-electron chi connectivity index (χ3n) is 6.16. The predicted molar refractivity (Wildman–Crippen MR) is 120 cm³/mol. The molecule has 2 aliphatic rings. The van der Waals surface area contributed by atoms with Gasteiger partial charge in [-0.05, 0) is 65.8 Å². The maximum Gasteiger partial charge on any atom is 0.119 e. The van der Waals surface area contributed by atoms with E-state index in [0.29, 0.717) is 24.5 Å². The van der Waals surface area contributed by atoms with Crippen LogP contribution in [0.15, 0.2) is 78.9 Å². The lowest BCUT2D eigenvalue weighted by atomic mass is 9.76. The number of ether oxygens (including phenoxy) is 1. The van der Waals surface area contributed by atoms with Crippen LogP contribution in [0.3, 0.4) is 0 Å². The molecule has 0 bridgehead atoms. The number of allylic oxidation sites excluding steroid dienone is 2. The van der Waals surface area contributed by atoms with Gasteiger partial charge in [0.05, 0.1) is 6.04 Å². The molecule has 1 heterocycles. The summed E-state index contributed by atoms with van der Waals surface area (Å²) >= 11 is 5.95. The number of hydrogen-bond acceptors (Lipinski definition) is 2. The Morgan fingerprint density at radius 3 is 2.59 bits per heavy atom. The van der Waals surface area contributed by atoms with Crippen LogP contribution in [-0.2, 0) is 6.61 Å². The molecule has 5 rings (SSSR count). The molecule has 0 fully saturated rings. The average Bonchev–Trinajstić information content (AvgIpc) is 3.24. The van der Waals surface area contributed by atoms with Gasteiger partial charge in [-0.3, -0.25) is 0 Å². The van der Waals surface area contributed by atoms with Crippen LogP contribution in [0.5, 0.6) is 5.75 Å². The summed E-state index contributed by atoms with van der Waals surface area (Å²) in [5.74, 6) is 1.94. The van der Waals surface area contributed by atoms with E-state index in [0.717, 1.165) is 22.8 Å². The largest absolute Gasteiger partial charge is 0.489 e. The maximum absolute atomic E-state index is 5.96.